The molecule has 2 aromatic carbocycles. The lowest BCUT2D eigenvalue weighted by Crippen LogP contribution is -2.30. The molecular formula is C24H24FN5O2. The lowest BCUT2D eigenvalue weighted by molar-refractivity contribution is -0.122. The van der Waals surface area contributed by atoms with Gasteiger partial charge in [-0.15, -0.1) is 0 Å². The molecule has 0 saturated heterocycles. The van der Waals surface area contributed by atoms with Gasteiger partial charge in [0.1, 0.15) is 11.6 Å². The third kappa shape index (κ3) is 3.72. The Kier molecular flexibility index (Phi) is 4.92. The molecule has 7 nitrogen and oxygen atoms in total. The molecule has 0 unspecified atom stereocenters. The molecule has 164 valence electrons. The van der Waals surface area contributed by atoms with E-state index in [9.17, 15) is 14.0 Å². The van der Waals surface area contributed by atoms with E-state index in [-0.39, 0.29) is 29.8 Å². The molecular weight excluding hydrogens is 409 g/mol. The average molecular weight is 433 g/mol. The molecule has 2 N–H and O–H groups in total. The highest BCUT2D eigenvalue weighted by Crippen LogP contribution is 2.37. The molecule has 2 amide bonds. The van der Waals surface area contributed by atoms with Crippen LogP contribution in [0.3, 0.4) is 0 Å². The van der Waals surface area contributed by atoms with E-state index >= 15 is 0 Å². The smallest absolute Gasteiger partial charge is 0.258 e. The second-order valence-electron chi connectivity index (χ2n) is 8.48. The Bertz CT molecular complexity index is 1230. The van der Waals surface area contributed by atoms with Crippen molar-refractivity contribution >= 4 is 29.0 Å². The van der Waals surface area contributed by atoms with E-state index < -0.39 is 5.82 Å². The van der Waals surface area contributed by atoms with E-state index in [0.717, 1.165) is 41.2 Å². The number of fused-ring (bicyclic) bond motifs is 2. The number of carbonyl (C=O) groups excluding carboxylic acids is 2. The van der Waals surface area contributed by atoms with Gasteiger partial charge in [-0.3, -0.25) is 14.3 Å². The summed E-state index contributed by atoms with van der Waals surface area (Å²) in [6.45, 7) is 2.41. The summed E-state index contributed by atoms with van der Waals surface area (Å²) < 4.78 is 16.5. The third-order valence-electron chi connectivity index (χ3n) is 5.99. The number of aromatic nitrogens is 2. The quantitative estimate of drug-likeness (QED) is 0.656. The topological polar surface area (TPSA) is 79.3 Å². The van der Waals surface area contributed by atoms with Gasteiger partial charge in [-0.25, -0.2) is 4.39 Å². The van der Waals surface area contributed by atoms with Crippen LogP contribution in [-0.4, -0.2) is 21.6 Å². The van der Waals surface area contributed by atoms with Crippen molar-refractivity contribution in [2.45, 2.75) is 32.9 Å². The Morgan fingerprint density at radius 1 is 1.22 bits per heavy atom. The molecule has 0 spiro atoms. The number of nitrogens with one attached hydrogen (secondary N) is 2. The minimum absolute atomic E-state index is 0.0409. The molecule has 2 heterocycles. The first-order valence-corrected chi connectivity index (χ1v) is 10.7. The van der Waals surface area contributed by atoms with Crippen LogP contribution in [-0.2, 0) is 24.9 Å². The largest absolute Gasteiger partial charge is 0.352 e. The standard InChI is InChI=1S/C24H24FN5O2/c1-14-3-8-21-20(9-14)28-22-18(12-27-29(22)2)13-30(21)24(32)16-6-7-17(19(25)10-16)11-26-23(31)15-4-5-15/h3,6-10,12,15,28H,4-5,11,13H2,1-2H3,(H,26,31). The van der Waals surface area contributed by atoms with Gasteiger partial charge in [-0.05, 0) is 49.6 Å². The van der Waals surface area contributed by atoms with Gasteiger partial charge in [0.05, 0.1) is 24.1 Å². The molecule has 5 rings (SSSR count). The van der Waals surface area contributed by atoms with Crippen molar-refractivity contribution in [1.82, 2.24) is 15.1 Å². The van der Waals surface area contributed by atoms with Crippen LogP contribution in [0.1, 0.15) is 39.9 Å². The van der Waals surface area contributed by atoms with Crippen LogP contribution < -0.4 is 15.5 Å². The number of rotatable bonds is 4. The Morgan fingerprint density at radius 2 is 2.03 bits per heavy atom. The maximum absolute atomic E-state index is 14.8. The monoisotopic (exact) mass is 433 g/mol. The van der Waals surface area contributed by atoms with E-state index in [1.807, 2.05) is 32.2 Å². The number of carbonyl (C=O) groups is 2. The number of hydrogen-bond acceptors (Lipinski definition) is 4. The summed E-state index contributed by atoms with van der Waals surface area (Å²) in [6.07, 6.45) is 3.52. The van der Waals surface area contributed by atoms with Crippen LogP contribution in [0.25, 0.3) is 0 Å². The molecule has 8 heteroatoms. The maximum Gasteiger partial charge on any atom is 0.258 e. The van der Waals surface area contributed by atoms with Crippen molar-refractivity contribution in [2.24, 2.45) is 13.0 Å². The van der Waals surface area contributed by atoms with Gasteiger partial charge >= 0.3 is 0 Å². The Balaban J connectivity index is 1.44. The van der Waals surface area contributed by atoms with E-state index in [0.29, 0.717) is 12.1 Å². The predicted octanol–water partition coefficient (Wildman–Crippen LogP) is 3.80. The highest BCUT2D eigenvalue weighted by molar-refractivity contribution is 6.08. The van der Waals surface area contributed by atoms with Crippen molar-refractivity contribution in [3.05, 3.63) is 70.7 Å². The van der Waals surface area contributed by atoms with E-state index in [4.69, 9.17) is 0 Å². The van der Waals surface area contributed by atoms with Crippen LogP contribution in [0.4, 0.5) is 21.6 Å². The lowest BCUT2D eigenvalue weighted by atomic mass is 10.1. The molecule has 0 radical (unpaired) electrons. The number of hydrogen-bond donors (Lipinski definition) is 2. The normalized spacial score (nSPS) is 14.8. The second kappa shape index (κ2) is 7.78. The summed E-state index contributed by atoms with van der Waals surface area (Å²) in [5.41, 5.74) is 4.04. The van der Waals surface area contributed by atoms with Crippen molar-refractivity contribution in [3.63, 3.8) is 0 Å². The first-order valence-electron chi connectivity index (χ1n) is 10.7. The average Bonchev–Trinajstić information content (AvgIpc) is 3.58. The zero-order valence-electron chi connectivity index (χ0n) is 18.0. The first kappa shape index (κ1) is 20.2. The van der Waals surface area contributed by atoms with Crippen molar-refractivity contribution in [2.75, 3.05) is 10.2 Å². The summed E-state index contributed by atoms with van der Waals surface area (Å²) in [7, 11) is 1.84. The van der Waals surface area contributed by atoms with Crippen LogP contribution in [0.2, 0.25) is 0 Å². The van der Waals surface area contributed by atoms with Crippen molar-refractivity contribution < 1.29 is 14.0 Å². The highest BCUT2D eigenvalue weighted by atomic mass is 19.1. The summed E-state index contributed by atoms with van der Waals surface area (Å²) in [5.74, 6) is 0.0321. The number of aryl methyl sites for hydroxylation is 2. The van der Waals surface area contributed by atoms with Gasteiger partial charge in [0.25, 0.3) is 5.91 Å². The molecule has 1 aliphatic heterocycles. The van der Waals surface area contributed by atoms with Gasteiger partial charge < -0.3 is 15.5 Å². The molecule has 1 saturated carbocycles. The molecule has 2 aliphatic rings. The van der Waals surface area contributed by atoms with Crippen LogP contribution in [0, 0.1) is 18.7 Å². The summed E-state index contributed by atoms with van der Waals surface area (Å²) in [4.78, 5) is 27.0. The molecule has 1 aromatic heterocycles. The molecule has 1 aliphatic carbocycles. The zero-order chi connectivity index (χ0) is 22.4. The van der Waals surface area contributed by atoms with Crippen molar-refractivity contribution in [3.8, 4) is 0 Å². The van der Waals surface area contributed by atoms with Gasteiger partial charge in [-0.2, -0.15) is 5.10 Å². The number of halogens is 1. The number of anilines is 3. The van der Waals surface area contributed by atoms with Gasteiger partial charge in [0, 0.05) is 36.2 Å². The van der Waals surface area contributed by atoms with E-state index in [2.05, 4.69) is 15.7 Å². The van der Waals surface area contributed by atoms with E-state index in [1.54, 1.807) is 27.9 Å². The number of benzene rings is 2. The lowest BCUT2D eigenvalue weighted by Gasteiger charge is -2.23. The minimum atomic E-state index is -0.508. The Labute approximate surface area is 185 Å². The number of amides is 2. The van der Waals surface area contributed by atoms with Crippen LogP contribution in [0.15, 0.2) is 42.6 Å². The fourth-order valence-corrected chi connectivity index (χ4v) is 3.96. The SMILES string of the molecule is Cc1ccc2c(c1)Nc1c(cnn1C)CN2C(=O)c1ccc(CNC(=O)C2CC2)c(F)c1. The zero-order valence-corrected chi connectivity index (χ0v) is 18.0. The van der Waals surface area contributed by atoms with Crippen molar-refractivity contribution in [1.29, 1.82) is 0 Å². The third-order valence-corrected chi connectivity index (χ3v) is 5.99. The van der Waals surface area contributed by atoms with Gasteiger partial charge in [-0.1, -0.05) is 12.1 Å². The van der Waals surface area contributed by atoms with Crippen LogP contribution in [0.5, 0.6) is 0 Å². The Morgan fingerprint density at radius 3 is 2.78 bits per heavy atom. The molecule has 32 heavy (non-hydrogen) atoms. The fourth-order valence-electron chi connectivity index (χ4n) is 3.96. The number of nitrogens with zero attached hydrogens (tertiary/aromatic N) is 3. The second-order valence-corrected chi connectivity index (χ2v) is 8.48. The Hall–Kier alpha value is -3.68. The summed E-state index contributed by atoms with van der Waals surface area (Å²) >= 11 is 0. The maximum atomic E-state index is 14.8. The van der Waals surface area contributed by atoms with E-state index in [1.165, 1.54) is 6.07 Å². The molecule has 1 fully saturated rings. The highest BCUT2D eigenvalue weighted by Gasteiger charge is 2.30. The first-order chi connectivity index (χ1) is 15.4. The molecule has 0 bridgehead atoms. The van der Waals surface area contributed by atoms with Crippen LogP contribution >= 0.6 is 0 Å². The fraction of sp³-hybridized carbons (Fsp3) is 0.292. The predicted molar refractivity (Wildman–Crippen MR) is 119 cm³/mol. The molecule has 0 atom stereocenters. The summed E-state index contributed by atoms with van der Waals surface area (Å²) in [5, 5.41) is 10.4. The van der Waals surface area contributed by atoms with Gasteiger partial charge in [0.2, 0.25) is 5.91 Å². The summed E-state index contributed by atoms with van der Waals surface area (Å²) in [6, 6.07) is 10.2. The van der Waals surface area contributed by atoms with Gasteiger partial charge in [0.15, 0.2) is 0 Å². The molecule has 3 aromatic rings. The minimum Gasteiger partial charge on any atom is -0.352 e.